The molecule has 4 nitrogen and oxygen atoms in total. The summed E-state index contributed by atoms with van der Waals surface area (Å²) in [6.07, 6.45) is 2.37. The fourth-order valence-corrected chi connectivity index (χ4v) is 0.674. The van der Waals surface area contributed by atoms with Crippen molar-refractivity contribution >= 4 is 11.9 Å². The number of hydrogen-bond acceptors (Lipinski definition) is 4. The SMILES string of the molecule is C=CC(=O)OC(C)(CC)OC(=O)C=C. The summed E-state index contributed by atoms with van der Waals surface area (Å²) in [6, 6.07) is 0. The highest BCUT2D eigenvalue weighted by Crippen LogP contribution is 2.17. The van der Waals surface area contributed by atoms with E-state index in [0.717, 1.165) is 12.2 Å². The Balaban J connectivity index is 4.45. The van der Waals surface area contributed by atoms with Gasteiger partial charge in [0.25, 0.3) is 5.79 Å². The van der Waals surface area contributed by atoms with Gasteiger partial charge >= 0.3 is 11.9 Å². The van der Waals surface area contributed by atoms with Crippen molar-refractivity contribution in [1.82, 2.24) is 0 Å². The number of esters is 2. The minimum Gasteiger partial charge on any atom is -0.420 e. The molecule has 0 aromatic heterocycles. The maximum atomic E-state index is 10.9. The fraction of sp³-hybridized carbons (Fsp3) is 0.400. The Morgan fingerprint density at radius 3 is 1.79 bits per heavy atom. The summed E-state index contributed by atoms with van der Waals surface area (Å²) in [6.45, 7) is 9.71. The van der Waals surface area contributed by atoms with Gasteiger partial charge in [-0.15, -0.1) is 0 Å². The summed E-state index contributed by atoms with van der Waals surface area (Å²) in [4.78, 5) is 21.8. The minimum absolute atomic E-state index is 0.353. The van der Waals surface area contributed by atoms with Crippen molar-refractivity contribution in [2.45, 2.75) is 26.1 Å². The van der Waals surface area contributed by atoms with Gasteiger partial charge in [0.1, 0.15) is 0 Å². The van der Waals surface area contributed by atoms with Gasteiger partial charge in [0.2, 0.25) is 0 Å². The zero-order chi connectivity index (χ0) is 11.2. The van der Waals surface area contributed by atoms with Crippen LogP contribution in [0.25, 0.3) is 0 Å². The number of ether oxygens (including phenoxy) is 2. The monoisotopic (exact) mass is 198 g/mol. The Bertz CT molecular complexity index is 233. The standard InChI is InChI=1S/C10H14O4/c1-5-8(11)13-10(4,7-3)14-9(12)6-2/h5-6H,1-2,7H2,3-4H3. The molecule has 0 unspecified atom stereocenters. The fourth-order valence-electron chi connectivity index (χ4n) is 0.674. The molecule has 0 aromatic rings. The Hall–Kier alpha value is -1.58. The van der Waals surface area contributed by atoms with Crippen molar-refractivity contribution in [3.05, 3.63) is 25.3 Å². The molecular formula is C10H14O4. The average Bonchev–Trinajstić information content (AvgIpc) is 2.17. The molecular weight excluding hydrogens is 184 g/mol. The van der Waals surface area contributed by atoms with E-state index in [2.05, 4.69) is 13.2 Å². The molecule has 0 spiro atoms. The maximum absolute atomic E-state index is 10.9. The van der Waals surface area contributed by atoms with Gasteiger partial charge in [0, 0.05) is 25.5 Å². The summed E-state index contributed by atoms with van der Waals surface area (Å²) in [7, 11) is 0. The normalized spacial score (nSPS) is 10.1. The van der Waals surface area contributed by atoms with Gasteiger partial charge in [-0.2, -0.15) is 0 Å². The highest BCUT2D eigenvalue weighted by molar-refractivity contribution is 5.83. The van der Waals surface area contributed by atoms with Crippen LogP contribution in [0.15, 0.2) is 25.3 Å². The lowest BCUT2D eigenvalue weighted by molar-refractivity contribution is -0.216. The molecule has 0 aliphatic carbocycles. The van der Waals surface area contributed by atoms with Gasteiger partial charge in [-0.25, -0.2) is 9.59 Å². The molecule has 0 fully saturated rings. The molecule has 0 amide bonds. The second kappa shape index (κ2) is 5.21. The van der Waals surface area contributed by atoms with Gasteiger partial charge in [-0.1, -0.05) is 20.1 Å². The number of hydrogen-bond donors (Lipinski definition) is 0. The lowest BCUT2D eigenvalue weighted by atomic mass is 10.2. The van der Waals surface area contributed by atoms with Crippen LogP contribution in [0, 0.1) is 0 Å². The van der Waals surface area contributed by atoms with E-state index < -0.39 is 17.7 Å². The van der Waals surface area contributed by atoms with Crippen LogP contribution in [0.5, 0.6) is 0 Å². The molecule has 0 radical (unpaired) electrons. The Morgan fingerprint density at radius 1 is 1.21 bits per heavy atom. The third kappa shape index (κ3) is 3.89. The Morgan fingerprint density at radius 2 is 1.57 bits per heavy atom. The van der Waals surface area contributed by atoms with Crippen molar-refractivity contribution in [3.8, 4) is 0 Å². The van der Waals surface area contributed by atoms with Crippen LogP contribution in [0.2, 0.25) is 0 Å². The number of rotatable bonds is 5. The molecule has 0 N–H and O–H groups in total. The first-order chi connectivity index (χ1) is 6.47. The van der Waals surface area contributed by atoms with Crippen LogP contribution >= 0.6 is 0 Å². The van der Waals surface area contributed by atoms with Crippen LogP contribution in [-0.4, -0.2) is 17.7 Å². The molecule has 4 heteroatoms. The number of carbonyl (C=O) groups excluding carboxylic acids is 2. The Labute approximate surface area is 83.2 Å². The van der Waals surface area contributed by atoms with Gasteiger partial charge in [-0.3, -0.25) is 0 Å². The third-order valence-corrected chi connectivity index (χ3v) is 1.61. The smallest absolute Gasteiger partial charge is 0.333 e. The summed E-state index contributed by atoms with van der Waals surface area (Å²) < 4.78 is 9.72. The van der Waals surface area contributed by atoms with E-state index in [1.54, 1.807) is 6.92 Å². The van der Waals surface area contributed by atoms with E-state index in [0.29, 0.717) is 6.42 Å². The van der Waals surface area contributed by atoms with E-state index in [4.69, 9.17) is 9.47 Å². The largest absolute Gasteiger partial charge is 0.420 e. The molecule has 0 aliphatic heterocycles. The van der Waals surface area contributed by atoms with E-state index in [1.165, 1.54) is 6.92 Å². The van der Waals surface area contributed by atoms with Crippen molar-refractivity contribution in [2.75, 3.05) is 0 Å². The lowest BCUT2D eigenvalue weighted by Crippen LogP contribution is -2.35. The molecule has 0 rings (SSSR count). The van der Waals surface area contributed by atoms with Crippen molar-refractivity contribution < 1.29 is 19.1 Å². The van der Waals surface area contributed by atoms with Crippen molar-refractivity contribution in [2.24, 2.45) is 0 Å². The molecule has 0 saturated heterocycles. The molecule has 0 heterocycles. The third-order valence-electron chi connectivity index (χ3n) is 1.61. The van der Waals surface area contributed by atoms with Gasteiger partial charge < -0.3 is 9.47 Å². The lowest BCUT2D eigenvalue weighted by Gasteiger charge is -2.26. The predicted octanol–water partition coefficient (Wildman–Crippen LogP) is 1.57. The first kappa shape index (κ1) is 12.4. The molecule has 0 bridgehead atoms. The predicted molar refractivity (Wildman–Crippen MR) is 51.3 cm³/mol. The number of carbonyl (C=O) groups is 2. The van der Waals surface area contributed by atoms with Crippen molar-refractivity contribution in [3.63, 3.8) is 0 Å². The highest BCUT2D eigenvalue weighted by atomic mass is 16.7. The first-order valence-electron chi connectivity index (χ1n) is 4.18. The van der Waals surface area contributed by atoms with Crippen LogP contribution < -0.4 is 0 Å². The van der Waals surface area contributed by atoms with Crippen molar-refractivity contribution in [1.29, 1.82) is 0 Å². The van der Waals surface area contributed by atoms with Crippen LogP contribution in [0.1, 0.15) is 20.3 Å². The summed E-state index contributed by atoms with van der Waals surface area (Å²) >= 11 is 0. The average molecular weight is 198 g/mol. The molecule has 14 heavy (non-hydrogen) atoms. The van der Waals surface area contributed by atoms with E-state index in [1.807, 2.05) is 0 Å². The zero-order valence-corrected chi connectivity index (χ0v) is 8.41. The highest BCUT2D eigenvalue weighted by Gasteiger charge is 2.29. The van der Waals surface area contributed by atoms with Crippen LogP contribution in [-0.2, 0) is 19.1 Å². The molecule has 0 saturated carbocycles. The molecule has 0 atom stereocenters. The topological polar surface area (TPSA) is 52.6 Å². The maximum Gasteiger partial charge on any atom is 0.333 e. The minimum atomic E-state index is -1.25. The van der Waals surface area contributed by atoms with Gasteiger partial charge in [-0.05, 0) is 0 Å². The van der Waals surface area contributed by atoms with Gasteiger partial charge in [0.15, 0.2) is 0 Å². The van der Waals surface area contributed by atoms with Crippen LogP contribution in [0.3, 0.4) is 0 Å². The zero-order valence-electron chi connectivity index (χ0n) is 8.41. The van der Waals surface area contributed by atoms with Crippen LogP contribution in [0.4, 0.5) is 0 Å². The molecule has 0 aliphatic rings. The quantitative estimate of drug-likeness (QED) is 0.382. The van der Waals surface area contributed by atoms with Gasteiger partial charge in [0.05, 0.1) is 0 Å². The van der Waals surface area contributed by atoms with E-state index in [9.17, 15) is 9.59 Å². The Kier molecular flexibility index (Phi) is 4.63. The molecule has 0 aromatic carbocycles. The summed E-state index contributed by atoms with van der Waals surface area (Å²) in [5.41, 5.74) is 0. The van der Waals surface area contributed by atoms with E-state index >= 15 is 0 Å². The second-order valence-electron chi connectivity index (χ2n) is 2.74. The van der Waals surface area contributed by atoms with E-state index in [-0.39, 0.29) is 0 Å². The summed E-state index contributed by atoms with van der Waals surface area (Å²) in [5.74, 6) is -2.52. The first-order valence-corrected chi connectivity index (χ1v) is 4.18. The second-order valence-corrected chi connectivity index (χ2v) is 2.74. The molecule has 78 valence electrons. The summed E-state index contributed by atoms with van der Waals surface area (Å²) in [5, 5.41) is 0.